The number of anilines is 1. The molecule has 0 bridgehead atoms. The lowest BCUT2D eigenvalue weighted by Crippen LogP contribution is -2.31. The van der Waals surface area contributed by atoms with Crippen molar-refractivity contribution in [2.45, 2.75) is 13.3 Å². The quantitative estimate of drug-likeness (QED) is 0.799. The van der Waals surface area contributed by atoms with Crippen molar-refractivity contribution >= 4 is 23.0 Å². The van der Waals surface area contributed by atoms with Crippen molar-refractivity contribution in [3.05, 3.63) is 41.7 Å². The van der Waals surface area contributed by atoms with Gasteiger partial charge in [-0.25, -0.2) is 0 Å². The van der Waals surface area contributed by atoms with E-state index in [9.17, 15) is 0 Å². The van der Waals surface area contributed by atoms with E-state index < -0.39 is 0 Å². The van der Waals surface area contributed by atoms with E-state index in [0.717, 1.165) is 42.2 Å². The predicted octanol–water partition coefficient (Wildman–Crippen LogP) is 3.42. The zero-order valence-corrected chi connectivity index (χ0v) is 13.8. The van der Waals surface area contributed by atoms with Crippen LogP contribution in [0.1, 0.15) is 13.3 Å². The Hall–Kier alpha value is -1.98. The highest BCUT2D eigenvalue weighted by atomic mass is 35.5. The topological polar surface area (TPSA) is 59.7 Å². The van der Waals surface area contributed by atoms with Gasteiger partial charge in [-0.1, -0.05) is 36.7 Å². The van der Waals surface area contributed by atoms with Crippen molar-refractivity contribution in [1.82, 2.24) is 9.61 Å². The average molecular weight is 331 g/mol. The minimum absolute atomic E-state index is 0.159. The van der Waals surface area contributed by atoms with E-state index >= 15 is 0 Å². The first kappa shape index (κ1) is 14.6. The number of fused-ring (bicyclic) bond motifs is 1. The van der Waals surface area contributed by atoms with Gasteiger partial charge in [-0.15, -0.1) is 0 Å². The highest BCUT2D eigenvalue weighted by Gasteiger charge is 2.34. The Morgan fingerprint density at radius 3 is 2.96 bits per heavy atom. The standard InChI is InChI=1S/C17H19ClN4O/c1-17(10-19)6-7-21(11-17)14-8-20-22-15(9-23-16(14)22)12-4-2-3-5-13(12)18/h2-5,8-9H,6-7,10-11,19H2,1H3. The van der Waals surface area contributed by atoms with Crippen LogP contribution in [0, 0.1) is 5.41 Å². The maximum Gasteiger partial charge on any atom is 0.246 e. The van der Waals surface area contributed by atoms with E-state index in [0.29, 0.717) is 11.6 Å². The molecular formula is C17H19ClN4O. The van der Waals surface area contributed by atoms with E-state index in [1.807, 2.05) is 35.0 Å². The lowest BCUT2D eigenvalue weighted by atomic mass is 9.90. The first-order chi connectivity index (χ1) is 11.1. The number of aromatic nitrogens is 2. The maximum atomic E-state index is 6.30. The van der Waals surface area contributed by atoms with Gasteiger partial charge in [-0.05, 0) is 24.4 Å². The molecule has 3 aromatic rings. The number of benzene rings is 1. The van der Waals surface area contributed by atoms with Crippen molar-refractivity contribution in [3.63, 3.8) is 0 Å². The molecule has 0 spiro atoms. The summed E-state index contributed by atoms with van der Waals surface area (Å²) in [5, 5.41) is 5.19. The zero-order chi connectivity index (χ0) is 16.0. The largest absolute Gasteiger partial charge is 0.443 e. The summed E-state index contributed by atoms with van der Waals surface area (Å²) in [6.07, 6.45) is 4.66. The molecule has 6 heteroatoms. The molecular weight excluding hydrogens is 312 g/mol. The van der Waals surface area contributed by atoms with Crippen LogP contribution < -0.4 is 10.6 Å². The van der Waals surface area contributed by atoms with Crippen LogP contribution in [0.3, 0.4) is 0 Å². The van der Waals surface area contributed by atoms with Crippen molar-refractivity contribution in [2.75, 3.05) is 24.5 Å². The second kappa shape index (κ2) is 5.28. The van der Waals surface area contributed by atoms with Gasteiger partial charge in [-0.3, -0.25) is 0 Å². The summed E-state index contributed by atoms with van der Waals surface area (Å²) < 4.78 is 7.63. The third-order valence-electron chi connectivity index (χ3n) is 4.76. The molecule has 1 aliphatic heterocycles. The summed E-state index contributed by atoms with van der Waals surface area (Å²) in [5.41, 5.74) is 9.60. The Labute approximate surface area is 139 Å². The summed E-state index contributed by atoms with van der Waals surface area (Å²) >= 11 is 6.30. The molecule has 0 aliphatic carbocycles. The second-order valence-corrected chi connectivity index (χ2v) is 6.94. The van der Waals surface area contributed by atoms with Gasteiger partial charge in [0, 0.05) is 18.7 Å². The molecule has 2 aromatic heterocycles. The summed E-state index contributed by atoms with van der Waals surface area (Å²) in [7, 11) is 0. The van der Waals surface area contributed by atoms with Gasteiger partial charge in [0.1, 0.15) is 17.6 Å². The highest BCUT2D eigenvalue weighted by molar-refractivity contribution is 6.33. The van der Waals surface area contributed by atoms with Gasteiger partial charge in [0.05, 0.1) is 11.2 Å². The Balaban J connectivity index is 1.74. The molecule has 5 nitrogen and oxygen atoms in total. The van der Waals surface area contributed by atoms with Crippen LogP contribution in [0.2, 0.25) is 5.02 Å². The van der Waals surface area contributed by atoms with Gasteiger partial charge in [0.25, 0.3) is 0 Å². The van der Waals surface area contributed by atoms with E-state index in [2.05, 4.69) is 16.9 Å². The molecule has 1 fully saturated rings. The summed E-state index contributed by atoms with van der Waals surface area (Å²) in [4.78, 5) is 2.30. The first-order valence-electron chi connectivity index (χ1n) is 7.76. The zero-order valence-electron chi connectivity index (χ0n) is 13.0. The number of nitrogens with zero attached hydrogens (tertiary/aromatic N) is 3. The van der Waals surface area contributed by atoms with E-state index in [1.165, 1.54) is 0 Å². The first-order valence-corrected chi connectivity index (χ1v) is 8.14. The minimum Gasteiger partial charge on any atom is -0.443 e. The van der Waals surface area contributed by atoms with Crippen molar-refractivity contribution < 1.29 is 4.42 Å². The number of nitrogens with two attached hydrogens (primary N) is 1. The van der Waals surface area contributed by atoms with Crippen LogP contribution in [0.4, 0.5) is 5.69 Å². The van der Waals surface area contributed by atoms with Crippen LogP contribution in [0.5, 0.6) is 0 Å². The minimum atomic E-state index is 0.159. The third kappa shape index (κ3) is 2.31. The van der Waals surface area contributed by atoms with Crippen LogP contribution in [0.15, 0.2) is 41.1 Å². The summed E-state index contributed by atoms with van der Waals surface area (Å²) in [6.45, 7) is 4.81. The Morgan fingerprint density at radius 1 is 1.39 bits per heavy atom. The molecule has 23 heavy (non-hydrogen) atoms. The van der Waals surface area contributed by atoms with Gasteiger partial charge >= 0.3 is 0 Å². The molecule has 1 unspecified atom stereocenters. The van der Waals surface area contributed by atoms with Gasteiger partial charge < -0.3 is 15.1 Å². The molecule has 120 valence electrons. The molecule has 0 saturated carbocycles. The van der Waals surface area contributed by atoms with E-state index in [-0.39, 0.29) is 5.41 Å². The fraction of sp³-hybridized carbons (Fsp3) is 0.353. The maximum absolute atomic E-state index is 6.30. The van der Waals surface area contributed by atoms with Crippen molar-refractivity contribution in [3.8, 4) is 11.3 Å². The number of halogens is 1. The Kier molecular flexibility index (Phi) is 3.36. The predicted molar refractivity (Wildman–Crippen MR) is 91.9 cm³/mol. The summed E-state index contributed by atoms with van der Waals surface area (Å²) in [6, 6.07) is 7.70. The lowest BCUT2D eigenvalue weighted by molar-refractivity contribution is 0.383. The van der Waals surface area contributed by atoms with E-state index in [1.54, 1.807) is 6.26 Å². The third-order valence-corrected chi connectivity index (χ3v) is 5.09. The van der Waals surface area contributed by atoms with E-state index in [4.69, 9.17) is 21.8 Å². The molecule has 1 aromatic carbocycles. The molecule has 2 N–H and O–H groups in total. The van der Waals surface area contributed by atoms with Gasteiger partial charge in [0.2, 0.25) is 5.71 Å². The number of rotatable bonds is 3. The Morgan fingerprint density at radius 2 is 2.22 bits per heavy atom. The molecule has 1 aliphatic rings. The van der Waals surface area contributed by atoms with Crippen LogP contribution in [-0.2, 0) is 0 Å². The average Bonchev–Trinajstić information content (AvgIpc) is 3.23. The molecule has 3 heterocycles. The smallest absolute Gasteiger partial charge is 0.246 e. The van der Waals surface area contributed by atoms with Gasteiger partial charge in [0.15, 0.2) is 0 Å². The second-order valence-electron chi connectivity index (χ2n) is 6.53. The van der Waals surface area contributed by atoms with Crippen LogP contribution in [0.25, 0.3) is 17.0 Å². The SMILES string of the molecule is CC1(CN)CCN(c2cnn3c(-c4ccccc4Cl)coc23)C1. The molecule has 0 radical (unpaired) electrons. The van der Waals surface area contributed by atoms with Crippen LogP contribution in [-0.4, -0.2) is 29.2 Å². The fourth-order valence-electron chi connectivity index (χ4n) is 3.23. The molecule has 0 amide bonds. The molecule has 1 saturated heterocycles. The highest BCUT2D eigenvalue weighted by Crippen LogP contribution is 2.36. The van der Waals surface area contributed by atoms with Crippen LogP contribution >= 0.6 is 11.6 Å². The number of hydrogen-bond acceptors (Lipinski definition) is 4. The summed E-state index contributed by atoms with van der Waals surface area (Å²) in [5.74, 6) is 0. The van der Waals surface area contributed by atoms with Crippen molar-refractivity contribution in [1.29, 1.82) is 0 Å². The number of oxazole rings is 1. The Bertz CT molecular complexity index is 855. The van der Waals surface area contributed by atoms with Crippen molar-refractivity contribution in [2.24, 2.45) is 11.1 Å². The molecule has 1 atom stereocenters. The van der Waals surface area contributed by atoms with Gasteiger partial charge in [-0.2, -0.15) is 9.61 Å². The normalized spacial score (nSPS) is 21.4. The fourth-order valence-corrected chi connectivity index (χ4v) is 3.46. The molecule has 4 rings (SSSR count). The number of hydrogen-bond donors (Lipinski definition) is 1. The lowest BCUT2D eigenvalue weighted by Gasteiger charge is -2.22. The monoisotopic (exact) mass is 330 g/mol.